The minimum atomic E-state index is -4.35. The van der Waals surface area contributed by atoms with Crippen LogP contribution in [-0.2, 0) is 10.9 Å². The third-order valence-corrected chi connectivity index (χ3v) is 5.93. The zero-order valence-electron chi connectivity index (χ0n) is 15.3. The summed E-state index contributed by atoms with van der Waals surface area (Å²) in [5.41, 5.74) is 0.796. The number of benzene rings is 1. The molecule has 1 unspecified atom stereocenters. The van der Waals surface area contributed by atoms with E-state index in [1.165, 1.54) is 6.07 Å². The normalized spacial score (nSPS) is 32.5. The summed E-state index contributed by atoms with van der Waals surface area (Å²) in [6.07, 6.45) is 6.62. The summed E-state index contributed by atoms with van der Waals surface area (Å²) in [6.45, 7) is 0.710. The first kappa shape index (κ1) is 18.6. The van der Waals surface area contributed by atoms with Gasteiger partial charge in [0.25, 0.3) is 0 Å². The lowest BCUT2D eigenvalue weighted by Crippen LogP contribution is -2.48. The Kier molecular flexibility index (Phi) is 5.03. The van der Waals surface area contributed by atoms with Gasteiger partial charge in [-0.05, 0) is 44.5 Å². The summed E-state index contributed by atoms with van der Waals surface area (Å²) in [5.74, 6) is 0.484. The number of allylic oxidation sites excluding steroid dienone is 3. The molecule has 1 aromatic rings. The highest BCUT2D eigenvalue weighted by atomic mass is 19.4. The number of alkyl halides is 3. The summed E-state index contributed by atoms with van der Waals surface area (Å²) in [6, 6.07) is 4.16. The van der Waals surface area contributed by atoms with Crippen molar-refractivity contribution < 1.29 is 17.9 Å². The number of rotatable bonds is 3. The van der Waals surface area contributed by atoms with Crippen LogP contribution < -0.4 is 10.6 Å². The van der Waals surface area contributed by atoms with Gasteiger partial charge in [0.1, 0.15) is 0 Å². The van der Waals surface area contributed by atoms with Crippen LogP contribution in [0.4, 0.5) is 18.9 Å². The van der Waals surface area contributed by atoms with Crippen molar-refractivity contribution in [1.82, 2.24) is 5.32 Å². The molecule has 0 amide bonds. The molecule has 2 heterocycles. The summed E-state index contributed by atoms with van der Waals surface area (Å²) in [5, 5.41) is 6.67. The number of nitrogens with one attached hydrogen (secondary N) is 2. The number of hydrogen-bond acceptors (Lipinski definition) is 3. The predicted octanol–water partition coefficient (Wildman–Crippen LogP) is 4.69. The van der Waals surface area contributed by atoms with E-state index in [4.69, 9.17) is 4.74 Å². The van der Waals surface area contributed by atoms with Crippen LogP contribution in [0.15, 0.2) is 42.5 Å². The molecule has 0 radical (unpaired) electrons. The van der Waals surface area contributed by atoms with Crippen LogP contribution in [0.25, 0.3) is 0 Å². The zero-order valence-corrected chi connectivity index (χ0v) is 15.3. The van der Waals surface area contributed by atoms with Gasteiger partial charge in [-0.3, -0.25) is 0 Å². The zero-order chi connectivity index (χ0) is 19.0. The molecule has 0 spiro atoms. The fraction of sp³-hybridized carbons (Fsp3) is 0.524. The molecule has 1 aliphatic carbocycles. The fourth-order valence-corrected chi connectivity index (χ4v) is 4.64. The molecule has 1 aromatic carbocycles. The minimum Gasteiger partial charge on any atom is -0.381 e. The van der Waals surface area contributed by atoms with E-state index >= 15 is 0 Å². The summed E-state index contributed by atoms with van der Waals surface area (Å²) >= 11 is 0. The molecule has 5 atom stereocenters. The third-order valence-electron chi connectivity index (χ3n) is 5.93. The molecule has 2 N–H and O–H groups in total. The molecular formula is C21H25F3N2O. The average molecular weight is 378 g/mol. The van der Waals surface area contributed by atoms with Crippen molar-refractivity contribution in [2.75, 3.05) is 18.9 Å². The molecular weight excluding hydrogens is 353 g/mol. The third kappa shape index (κ3) is 3.65. The Morgan fingerprint density at radius 2 is 2.07 bits per heavy atom. The van der Waals surface area contributed by atoms with Crippen LogP contribution in [0.3, 0.4) is 0 Å². The second-order valence-corrected chi connectivity index (χ2v) is 7.66. The topological polar surface area (TPSA) is 33.3 Å². The van der Waals surface area contributed by atoms with Gasteiger partial charge in [0.15, 0.2) is 0 Å². The average Bonchev–Trinajstić information content (AvgIpc) is 2.67. The van der Waals surface area contributed by atoms with E-state index in [9.17, 15) is 13.2 Å². The lowest BCUT2D eigenvalue weighted by Gasteiger charge is -2.47. The van der Waals surface area contributed by atoms with Crippen molar-refractivity contribution in [2.24, 2.45) is 11.8 Å². The van der Waals surface area contributed by atoms with Gasteiger partial charge in [-0.2, -0.15) is 13.2 Å². The van der Waals surface area contributed by atoms with E-state index in [0.29, 0.717) is 18.0 Å². The van der Waals surface area contributed by atoms with Gasteiger partial charge in [0.2, 0.25) is 0 Å². The Hall–Kier alpha value is -1.79. The first-order valence-electron chi connectivity index (χ1n) is 9.58. The first-order valence-corrected chi connectivity index (χ1v) is 9.58. The van der Waals surface area contributed by atoms with Crippen LogP contribution >= 0.6 is 0 Å². The Morgan fingerprint density at radius 1 is 1.22 bits per heavy atom. The number of anilines is 1. The van der Waals surface area contributed by atoms with Crippen molar-refractivity contribution >= 4 is 5.69 Å². The smallest absolute Gasteiger partial charge is 0.381 e. The maximum absolute atomic E-state index is 13.3. The van der Waals surface area contributed by atoms with Crippen molar-refractivity contribution in [3.8, 4) is 0 Å². The Labute approximate surface area is 157 Å². The van der Waals surface area contributed by atoms with E-state index in [2.05, 4.69) is 28.9 Å². The van der Waals surface area contributed by atoms with E-state index in [1.54, 1.807) is 6.07 Å². The van der Waals surface area contributed by atoms with Gasteiger partial charge >= 0.3 is 6.18 Å². The molecule has 1 saturated heterocycles. The Bertz CT molecular complexity index is 743. The van der Waals surface area contributed by atoms with Gasteiger partial charge in [0.05, 0.1) is 17.8 Å². The SMILES string of the molecule is CNC[C@H]1CC[C@@H]2[C@H](O1)c1cc(C(F)(F)F)ccc1N[C@H]2C1C=CC=CC1. The Balaban J connectivity index is 1.70. The number of fused-ring (bicyclic) bond motifs is 3. The lowest BCUT2D eigenvalue weighted by molar-refractivity contribution is -0.138. The quantitative estimate of drug-likeness (QED) is 0.801. The molecule has 6 heteroatoms. The summed E-state index contributed by atoms with van der Waals surface area (Å²) in [4.78, 5) is 0. The number of ether oxygens (including phenoxy) is 1. The van der Waals surface area contributed by atoms with Gasteiger partial charge in [0, 0.05) is 35.7 Å². The van der Waals surface area contributed by atoms with Gasteiger partial charge in [-0.1, -0.05) is 24.3 Å². The largest absolute Gasteiger partial charge is 0.416 e. The molecule has 0 bridgehead atoms. The van der Waals surface area contributed by atoms with Crippen molar-refractivity contribution in [2.45, 2.75) is 43.7 Å². The lowest BCUT2D eigenvalue weighted by atomic mass is 9.73. The van der Waals surface area contributed by atoms with Gasteiger partial charge < -0.3 is 15.4 Å². The van der Waals surface area contributed by atoms with Crippen molar-refractivity contribution in [3.05, 3.63) is 53.6 Å². The van der Waals surface area contributed by atoms with Crippen LogP contribution in [-0.4, -0.2) is 25.7 Å². The van der Waals surface area contributed by atoms with Crippen molar-refractivity contribution in [1.29, 1.82) is 0 Å². The molecule has 4 rings (SSSR count). The minimum absolute atomic E-state index is 0.0270. The van der Waals surface area contributed by atoms with Crippen molar-refractivity contribution in [3.63, 3.8) is 0 Å². The number of likely N-dealkylation sites (N-methyl/N-ethyl adjacent to an activating group) is 1. The first-order chi connectivity index (χ1) is 13.0. The van der Waals surface area contributed by atoms with E-state index in [-0.39, 0.29) is 24.2 Å². The van der Waals surface area contributed by atoms with Gasteiger partial charge in [-0.15, -0.1) is 0 Å². The van der Waals surface area contributed by atoms with E-state index in [1.807, 2.05) is 13.1 Å². The van der Waals surface area contributed by atoms with Crippen LogP contribution in [0, 0.1) is 11.8 Å². The monoisotopic (exact) mass is 378 g/mol. The van der Waals surface area contributed by atoms with Crippen LogP contribution in [0.2, 0.25) is 0 Å². The van der Waals surface area contributed by atoms with E-state index in [0.717, 1.165) is 31.0 Å². The second kappa shape index (κ2) is 7.32. The molecule has 146 valence electrons. The van der Waals surface area contributed by atoms with Crippen LogP contribution in [0.1, 0.15) is 36.5 Å². The van der Waals surface area contributed by atoms with Gasteiger partial charge in [-0.25, -0.2) is 0 Å². The summed E-state index contributed by atoms with van der Waals surface area (Å²) < 4.78 is 46.1. The number of halogens is 3. The molecule has 3 nitrogen and oxygen atoms in total. The molecule has 2 aliphatic heterocycles. The number of hydrogen-bond donors (Lipinski definition) is 2. The highest BCUT2D eigenvalue weighted by molar-refractivity contribution is 5.58. The second-order valence-electron chi connectivity index (χ2n) is 7.66. The highest BCUT2D eigenvalue weighted by Crippen LogP contribution is 2.49. The van der Waals surface area contributed by atoms with E-state index < -0.39 is 11.7 Å². The summed E-state index contributed by atoms with van der Waals surface area (Å²) in [7, 11) is 1.87. The highest BCUT2D eigenvalue weighted by Gasteiger charge is 2.44. The Morgan fingerprint density at radius 3 is 2.78 bits per heavy atom. The standard InChI is InChI=1S/C21H25F3N2O/c1-25-12-15-8-9-16-19(13-5-3-2-4-6-13)26-18-10-7-14(21(22,23)24)11-17(18)20(16)27-15/h2-5,7,10-11,13,15-16,19-20,25-26H,6,8-9,12H2,1H3/t13?,15-,16+,19+,20+/m1/s1. The molecule has 3 aliphatic rings. The van der Waals surface area contributed by atoms with Crippen LogP contribution in [0.5, 0.6) is 0 Å². The molecule has 0 aromatic heterocycles. The maximum Gasteiger partial charge on any atom is 0.416 e. The fourth-order valence-electron chi connectivity index (χ4n) is 4.64. The molecule has 27 heavy (non-hydrogen) atoms. The molecule has 0 saturated carbocycles. The molecule has 1 fully saturated rings. The predicted molar refractivity (Wildman–Crippen MR) is 99.5 cm³/mol. The maximum atomic E-state index is 13.3.